The number of H-pyrrole nitrogens is 1. The van der Waals surface area contributed by atoms with Crippen LogP contribution in [-0.4, -0.2) is 22.6 Å². The van der Waals surface area contributed by atoms with Gasteiger partial charge in [0.25, 0.3) is 5.91 Å². The van der Waals surface area contributed by atoms with Gasteiger partial charge in [0.15, 0.2) is 0 Å². The number of carbonyl (C=O) groups excluding carboxylic acids is 1. The molecule has 31 heavy (non-hydrogen) atoms. The molecule has 1 aliphatic rings. The van der Waals surface area contributed by atoms with Crippen LogP contribution in [0.5, 0.6) is 5.75 Å². The van der Waals surface area contributed by atoms with Gasteiger partial charge in [-0.3, -0.25) is 9.89 Å². The largest absolute Gasteiger partial charge is 0.488 e. The van der Waals surface area contributed by atoms with E-state index in [-0.39, 0.29) is 11.7 Å². The molecular formula is C25H20FN3O2. The van der Waals surface area contributed by atoms with Crippen LogP contribution >= 0.6 is 0 Å². The Morgan fingerprint density at radius 3 is 2.61 bits per heavy atom. The molecule has 0 fully saturated rings. The molecule has 0 saturated heterocycles. The molecule has 5 nitrogen and oxygen atoms in total. The minimum Gasteiger partial charge on any atom is -0.488 e. The Kier molecular flexibility index (Phi) is 4.96. The van der Waals surface area contributed by atoms with Gasteiger partial charge in [0.1, 0.15) is 18.2 Å². The molecule has 1 amide bonds. The number of carbonyl (C=O) groups is 1. The Balaban J connectivity index is 1.27. The van der Waals surface area contributed by atoms with Crippen LogP contribution in [0.25, 0.3) is 22.5 Å². The van der Waals surface area contributed by atoms with Crippen LogP contribution in [0.1, 0.15) is 21.5 Å². The lowest BCUT2D eigenvalue weighted by atomic mass is 9.99. The molecule has 0 radical (unpaired) electrons. The van der Waals surface area contributed by atoms with Crippen molar-refractivity contribution in [1.82, 2.24) is 15.5 Å². The van der Waals surface area contributed by atoms with Crippen molar-refractivity contribution in [2.75, 3.05) is 6.54 Å². The molecule has 0 saturated carbocycles. The highest BCUT2D eigenvalue weighted by Crippen LogP contribution is 2.39. The fourth-order valence-corrected chi connectivity index (χ4v) is 3.77. The van der Waals surface area contributed by atoms with Gasteiger partial charge in [0, 0.05) is 28.8 Å². The van der Waals surface area contributed by atoms with Crippen molar-refractivity contribution in [2.45, 2.75) is 13.0 Å². The van der Waals surface area contributed by atoms with Gasteiger partial charge < -0.3 is 10.1 Å². The minimum atomic E-state index is -0.262. The zero-order valence-corrected chi connectivity index (χ0v) is 16.7. The van der Waals surface area contributed by atoms with Crippen molar-refractivity contribution in [3.8, 4) is 28.3 Å². The molecule has 3 aromatic carbocycles. The average Bonchev–Trinajstić information content (AvgIpc) is 3.25. The van der Waals surface area contributed by atoms with Crippen molar-refractivity contribution < 1.29 is 13.9 Å². The quantitative estimate of drug-likeness (QED) is 0.496. The van der Waals surface area contributed by atoms with E-state index in [0.29, 0.717) is 25.1 Å². The zero-order chi connectivity index (χ0) is 21.2. The zero-order valence-electron chi connectivity index (χ0n) is 16.7. The average molecular weight is 413 g/mol. The van der Waals surface area contributed by atoms with Gasteiger partial charge in [-0.2, -0.15) is 5.10 Å². The van der Waals surface area contributed by atoms with Crippen molar-refractivity contribution >= 4 is 5.91 Å². The number of fused-ring (bicyclic) bond motifs is 3. The first kappa shape index (κ1) is 19.1. The molecule has 2 N–H and O–H groups in total. The standard InChI is InChI=1S/C25H20FN3O2/c26-19-11-5-16(6-12-19)13-14-27-25(30)18-9-7-17(8-10-18)23-21-15-31-22-4-2-1-3-20(22)24(21)29-28-23/h1-12H,13-15H2,(H,27,30)(H,28,29). The highest BCUT2D eigenvalue weighted by atomic mass is 19.1. The van der Waals surface area contributed by atoms with Gasteiger partial charge in [-0.1, -0.05) is 36.4 Å². The van der Waals surface area contributed by atoms with Crippen LogP contribution < -0.4 is 10.1 Å². The summed E-state index contributed by atoms with van der Waals surface area (Å²) in [6, 6.07) is 21.6. The van der Waals surface area contributed by atoms with E-state index in [1.807, 2.05) is 36.4 Å². The molecule has 4 aromatic rings. The van der Waals surface area contributed by atoms with E-state index in [1.54, 1.807) is 24.3 Å². The molecule has 0 atom stereocenters. The Morgan fingerprint density at radius 2 is 1.81 bits per heavy atom. The Hall–Kier alpha value is -3.93. The summed E-state index contributed by atoms with van der Waals surface area (Å²) in [5, 5.41) is 10.5. The Morgan fingerprint density at radius 1 is 1.03 bits per heavy atom. The molecule has 0 aliphatic carbocycles. The summed E-state index contributed by atoms with van der Waals surface area (Å²) in [6.45, 7) is 0.930. The van der Waals surface area contributed by atoms with Crippen molar-refractivity contribution in [3.63, 3.8) is 0 Å². The van der Waals surface area contributed by atoms with Gasteiger partial charge in [-0.05, 0) is 48.4 Å². The summed E-state index contributed by atoms with van der Waals surface area (Å²) >= 11 is 0. The lowest BCUT2D eigenvalue weighted by Gasteiger charge is -2.17. The minimum absolute atomic E-state index is 0.144. The number of para-hydroxylation sites is 1. The number of halogens is 1. The van der Waals surface area contributed by atoms with Crippen LogP contribution in [0.2, 0.25) is 0 Å². The predicted octanol–water partition coefficient (Wildman–Crippen LogP) is 4.75. The highest BCUT2D eigenvalue weighted by molar-refractivity contribution is 5.94. The molecule has 6 heteroatoms. The van der Waals surface area contributed by atoms with Crippen LogP contribution in [0, 0.1) is 5.82 Å². The molecule has 0 bridgehead atoms. The summed E-state index contributed by atoms with van der Waals surface area (Å²) in [6.07, 6.45) is 0.644. The van der Waals surface area contributed by atoms with Crippen LogP contribution in [0.15, 0.2) is 72.8 Å². The third-order valence-electron chi connectivity index (χ3n) is 5.43. The van der Waals surface area contributed by atoms with Crippen molar-refractivity contribution in [3.05, 3.63) is 95.3 Å². The lowest BCUT2D eigenvalue weighted by Crippen LogP contribution is -2.25. The fourth-order valence-electron chi connectivity index (χ4n) is 3.77. The Labute approximate surface area is 178 Å². The summed E-state index contributed by atoms with van der Waals surface area (Å²) < 4.78 is 18.8. The number of rotatable bonds is 5. The summed E-state index contributed by atoms with van der Waals surface area (Å²) in [4.78, 5) is 12.4. The van der Waals surface area contributed by atoms with E-state index in [4.69, 9.17) is 4.74 Å². The molecule has 0 spiro atoms. The molecule has 154 valence electrons. The molecular weight excluding hydrogens is 393 g/mol. The number of aromatic amines is 1. The molecule has 1 aliphatic heterocycles. The second-order valence-corrected chi connectivity index (χ2v) is 7.42. The SMILES string of the molecule is O=C(NCCc1ccc(F)cc1)c1ccc(-c2n[nH]c3c2COc2ccccc2-3)cc1. The second-order valence-electron chi connectivity index (χ2n) is 7.42. The number of nitrogens with one attached hydrogen (secondary N) is 2. The first-order valence-electron chi connectivity index (χ1n) is 10.1. The third kappa shape index (κ3) is 3.80. The monoisotopic (exact) mass is 413 g/mol. The number of amides is 1. The first-order chi connectivity index (χ1) is 15.2. The number of aromatic nitrogens is 2. The number of hydrogen-bond donors (Lipinski definition) is 2. The van der Waals surface area contributed by atoms with Crippen LogP contribution in [0.4, 0.5) is 4.39 Å². The fraction of sp³-hybridized carbons (Fsp3) is 0.120. The summed E-state index contributed by atoms with van der Waals surface area (Å²) in [7, 11) is 0. The lowest BCUT2D eigenvalue weighted by molar-refractivity contribution is 0.0954. The maximum absolute atomic E-state index is 13.0. The van der Waals surface area contributed by atoms with E-state index < -0.39 is 0 Å². The van der Waals surface area contributed by atoms with Gasteiger partial charge in [-0.25, -0.2) is 4.39 Å². The maximum Gasteiger partial charge on any atom is 0.251 e. The van der Waals surface area contributed by atoms with Gasteiger partial charge in [-0.15, -0.1) is 0 Å². The summed E-state index contributed by atoms with van der Waals surface area (Å²) in [5.41, 5.74) is 6.28. The van der Waals surface area contributed by atoms with Crippen LogP contribution in [-0.2, 0) is 13.0 Å². The number of nitrogens with zero attached hydrogens (tertiary/aromatic N) is 1. The van der Waals surface area contributed by atoms with Gasteiger partial charge in [0.05, 0.1) is 11.4 Å². The normalized spacial score (nSPS) is 11.9. The van der Waals surface area contributed by atoms with E-state index >= 15 is 0 Å². The van der Waals surface area contributed by atoms with Crippen molar-refractivity contribution in [2.24, 2.45) is 0 Å². The maximum atomic E-state index is 13.0. The van der Waals surface area contributed by atoms with E-state index in [1.165, 1.54) is 12.1 Å². The first-order valence-corrected chi connectivity index (χ1v) is 10.1. The number of ether oxygens (including phenoxy) is 1. The highest BCUT2D eigenvalue weighted by Gasteiger charge is 2.23. The van der Waals surface area contributed by atoms with Gasteiger partial charge in [0.2, 0.25) is 0 Å². The summed E-state index contributed by atoms with van der Waals surface area (Å²) in [5.74, 6) is 0.440. The van der Waals surface area contributed by atoms with E-state index in [0.717, 1.165) is 39.4 Å². The van der Waals surface area contributed by atoms with E-state index in [9.17, 15) is 9.18 Å². The van der Waals surface area contributed by atoms with Crippen molar-refractivity contribution in [1.29, 1.82) is 0 Å². The molecule has 5 rings (SSSR count). The van der Waals surface area contributed by atoms with Gasteiger partial charge >= 0.3 is 0 Å². The number of hydrogen-bond acceptors (Lipinski definition) is 3. The smallest absolute Gasteiger partial charge is 0.251 e. The van der Waals surface area contributed by atoms with Crippen LogP contribution in [0.3, 0.4) is 0 Å². The Bertz CT molecular complexity index is 1230. The third-order valence-corrected chi connectivity index (χ3v) is 5.43. The predicted molar refractivity (Wildman–Crippen MR) is 116 cm³/mol. The van der Waals surface area contributed by atoms with E-state index in [2.05, 4.69) is 15.5 Å². The number of benzene rings is 3. The molecule has 0 unspecified atom stereocenters. The topological polar surface area (TPSA) is 67.0 Å². The molecule has 2 heterocycles. The second kappa shape index (κ2) is 8.07. The molecule has 1 aromatic heterocycles.